The number of nitrogens with one attached hydrogen (secondary N) is 2. The molecule has 2 N–H and O–H groups in total. The molecule has 0 bridgehead atoms. The molecule has 0 radical (unpaired) electrons. The predicted molar refractivity (Wildman–Crippen MR) is 149 cm³/mol. The maximum absolute atomic E-state index is 13.3. The molecule has 0 fully saturated rings. The van der Waals surface area contributed by atoms with Crippen molar-refractivity contribution in [3.05, 3.63) is 101 Å². The lowest BCUT2D eigenvalue weighted by Gasteiger charge is -2.27. The van der Waals surface area contributed by atoms with Crippen molar-refractivity contribution < 1.29 is 27.6 Å². The lowest BCUT2D eigenvalue weighted by molar-refractivity contribution is -0.137. The van der Waals surface area contributed by atoms with E-state index >= 15 is 0 Å². The Kier molecular flexibility index (Phi) is 7.01. The van der Waals surface area contributed by atoms with E-state index in [-0.39, 0.29) is 16.6 Å². The van der Waals surface area contributed by atoms with Crippen LogP contribution in [-0.2, 0) is 11.0 Å². The number of halogens is 4. The Morgan fingerprint density at radius 2 is 1.48 bits per heavy atom. The highest BCUT2D eigenvalue weighted by atomic mass is 35.5. The van der Waals surface area contributed by atoms with Crippen molar-refractivity contribution in [2.75, 3.05) is 15.5 Å². The van der Waals surface area contributed by atoms with Gasteiger partial charge in [0, 0.05) is 22.2 Å². The predicted octanol–water partition coefficient (Wildman–Crippen LogP) is 7.39. The van der Waals surface area contributed by atoms with Gasteiger partial charge in [-0.15, -0.1) is 0 Å². The molecule has 4 aromatic rings. The quantitative estimate of drug-likeness (QED) is 0.239. The number of anilines is 3. The maximum atomic E-state index is 13.3. The van der Waals surface area contributed by atoms with E-state index in [1.165, 1.54) is 6.07 Å². The van der Waals surface area contributed by atoms with Gasteiger partial charge in [-0.2, -0.15) is 13.2 Å². The van der Waals surface area contributed by atoms with Crippen molar-refractivity contribution in [1.82, 2.24) is 0 Å². The fourth-order valence-corrected chi connectivity index (χ4v) is 4.92. The van der Waals surface area contributed by atoms with Gasteiger partial charge in [-0.05, 0) is 65.9 Å². The van der Waals surface area contributed by atoms with Gasteiger partial charge in [0.25, 0.3) is 11.8 Å². The van der Waals surface area contributed by atoms with Crippen molar-refractivity contribution in [3.8, 4) is 0 Å². The van der Waals surface area contributed by atoms with Crippen molar-refractivity contribution in [1.29, 1.82) is 0 Å². The smallest absolute Gasteiger partial charge is 0.372 e. The maximum Gasteiger partial charge on any atom is 0.416 e. The van der Waals surface area contributed by atoms with Gasteiger partial charge in [-0.1, -0.05) is 49.7 Å². The zero-order chi connectivity index (χ0) is 28.8. The van der Waals surface area contributed by atoms with Gasteiger partial charge in [0.05, 0.1) is 22.0 Å². The first-order valence-corrected chi connectivity index (χ1v) is 12.8. The van der Waals surface area contributed by atoms with Gasteiger partial charge >= 0.3 is 6.18 Å². The zero-order valence-corrected chi connectivity index (χ0v) is 22.1. The minimum atomic E-state index is -4.54. The molecule has 3 amide bonds. The number of amides is 3. The number of carbonyl (C=O) groups excluding carboxylic acids is 3. The summed E-state index contributed by atoms with van der Waals surface area (Å²) in [6.07, 6.45) is -4.54. The molecule has 40 heavy (non-hydrogen) atoms. The first kappa shape index (κ1) is 27.2. The topological polar surface area (TPSA) is 78.5 Å². The molecule has 1 aliphatic heterocycles. The molecule has 1 heterocycles. The Bertz CT molecular complexity index is 1600. The number of nitrogens with zero attached hydrogens (tertiary/aromatic N) is 1. The van der Waals surface area contributed by atoms with Crippen molar-refractivity contribution in [2.45, 2.75) is 26.1 Å². The van der Waals surface area contributed by atoms with Crippen LogP contribution < -0.4 is 15.5 Å². The van der Waals surface area contributed by atoms with E-state index in [2.05, 4.69) is 10.6 Å². The number of hydrogen-bond acceptors (Lipinski definition) is 4. The number of imide groups is 1. The van der Waals surface area contributed by atoms with E-state index in [1.54, 1.807) is 62.4 Å². The summed E-state index contributed by atoms with van der Waals surface area (Å²) in [6.45, 7) is 3.56. The van der Waals surface area contributed by atoms with Crippen LogP contribution >= 0.6 is 11.6 Å². The van der Waals surface area contributed by atoms with E-state index in [0.717, 1.165) is 22.4 Å². The number of alkyl halides is 3. The summed E-state index contributed by atoms with van der Waals surface area (Å²) in [5, 5.41) is 6.97. The molecule has 0 spiro atoms. The minimum Gasteiger partial charge on any atom is -0.372 e. The third-order valence-corrected chi connectivity index (χ3v) is 7.03. The second-order valence-corrected chi connectivity index (χ2v) is 10.2. The molecule has 0 saturated carbocycles. The van der Waals surface area contributed by atoms with E-state index in [4.69, 9.17) is 11.6 Å². The Morgan fingerprint density at radius 1 is 0.875 bits per heavy atom. The van der Waals surface area contributed by atoms with Crippen LogP contribution in [0.1, 0.15) is 40.1 Å². The monoisotopic (exact) mass is 565 g/mol. The molecular formula is C30H23ClF3N3O3. The van der Waals surface area contributed by atoms with Crippen LogP contribution in [0.4, 0.5) is 30.2 Å². The Hall–Kier alpha value is -4.37. The summed E-state index contributed by atoms with van der Waals surface area (Å²) in [6, 6.07) is 18.9. The summed E-state index contributed by atoms with van der Waals surface area (Å²) in [5.74, 6) is -1.57. The van der Waals surface area contributed by atoms with E-state index < -0.39 is 35.5 Å². The minimum absolute atomic E-state index is 0.161. The molecule has 1 atom stereocenters. The van der Waals surface area contributed by atoms with Gasteiger partial charge in [0.2, 0.25) is 5.91 Å². The second-order valence-electron chi connectivity index (χ2n) is 9.75. The van der Waals surface area contributed by atoms with Crippen LogP contribution in [0.3, 0.4) is 0 Å². The highest BCUT2D eigenvalue weighted by Crippen LogP contribution is 2.35. The molecule has 10 heteroatoms. The summed E-state index contributed by atoms with van der Waals surface area (Å²) in [7, 11) is 0. The van der Waals surface area contributed by atoms with Crippen LogP contribution in [0.15, 0.2) is 78.9 Å². The highest BCUT2D eigenvalue weighted by Gasteiger charge is 2.34. The molecule has 0 aliphatic carbocycles. The van der Waals surface area contributed by atoms with Crippen LogP contribution in [-0.4, -0.2) is 23.8 Å². The van der Waals surface area contributed by atoms with Crippen molar-refractivity contribution >= 4 is 57.2 Å². The molecule has 5 rings (SSSR count). The van der Waals surface area contributed by atoms with Crippen LogP contribution in [0.25, 0.3) is 10.8 Å². The molecular weight excluding hydrogens is 543 g/mol. The van der Waals surface area contributed by atoms with Gasteiger partial charge in [0.15, 0.2) is 0 Å². The molecule has 0 aromatic heterocycles. The summed E-state index contributed by atoms with van der Waals surface area (Å²) >= 11 is 6.07. The Morgan fingerprint density at radius 3 is 2.00 bits per heavy atom. The zero-order valence-electron chi connectivity index (χ0n) is 21.3. The first-order valence-electron chi connectivity index (χ1n) is 12.4. The highest BCUT2D eigenvalue weighted by molar-refractivity contribution is 6.36. The van der Waals surface area contributed by atoms with Crippen molar-refractivity contribution in [2.24, 2.45) is 5.92 Å². The largest absolute Gasteiger partial charge is 0.416 e. The third-order valence-electron chi connectivity index (χ3n) is 6.72. The fraction of sp³-hybridized carbons (Fsp3) is 0.167. The normalized spacial score (nSPS) is 14.0. The molecule has 1 aliphatic rings. The average Bonchev–Trinajstić information content (AvgIpc) is 2.91. The SMILES string of the molecule is CC(C)[C@H](Nc1ccc(C(F)(F)F)cc1Cl)C(=O)Nc1ccc(N2C(=O)c3cccc4cccc(c34)C2=O)cc1. The van der Waals surface area contributed by atoms with Gasteiger partial charge in [-0.3, -0.25) is 14.4 Å². The first-order chi connectivity index (χ1) is 19.0. The Labute approximate surface area is 232 Å². The second kappa shape index (κ2) is 10.3. The van der Waals surface area contributed by atoms with Crippen LogP contribution in [0, 0.1) is 5.92 Å². The van der Waals surface area contributed by atoms with Crippen molar-refractivity contribution in [3.63, 3.8) is 0 Å². The molecule has 6 nitrogen and oxygen atoms in total. The summed E-state index contributed by atoms with van der Waals surface area (Å²) < 4.78 is 39.0. The molecule has 4 aromatic carbocycles. The molecule has 0 unspecified atom stereocenters. The van der Waals surface area contributed by atoms with E-state index in [9.17, 15) is 27.6 Å². The lowest BCUT2D eigenvalue weighted by Crippen LogP contribution is -2.40. The number of hydrogen-bond donors (Lipinski definition) is 2. The standard InChI is InChI=1S/C30H23ClF3N3O3/c1-16(2)26(36-24-14-9-18(15-23(24)31)30(32,33)34)27(38)35-19-10-12-20(13-11-19)37-28(39)21-7-3-5-17-6-4-8-22(25(17)21)29(37)40/h3-16,26,36H,1-2H3,(H,35,38)/t26-/m0/s1. The third kappa shape index (κ3) is 5.00. The van der Waals surface area contributed by atoms with E-state index in [1.807, 2.05) is 12.1 Å². The molecule has 0 saturated heterocycles. The number of carbonyl (C=O) groups is 3. The van der Waals surface area contributed by atoms with E-state index in [0.29, 0.717) is 27.9 Å². The summed E-state index contributed by atoms with van der Waals surface area (Å²) in [4.78, 5) is 40.8. The molecule has 204 valence electrons. The lowest BCUT2D eigenvalue weighted by atomic mass is 9.94. The number of rotatable bonds is 6. The van der Waals surface area contributed by atoms with Crippen LogP contribution in [0.5, 0.6) is 0 Å². The van der Waals surface area contributed by atoms with Gasteiger partial charge in [-0.25, -0.2) is 4.90 Å². The Balaban J connectivity index is 1.34. The fourth-order valence-electron chi connectivity index (χ4n) is 4.69. The van der Waals surface area contributed by atoms with Gasteiger partial charge in [0.1, 0.15) is 6.04 Å². The van der Waals surface area contributed by atoms with Gasteiger partial charge < -0.3 is 10.6 Å². The summed E-state index contributed by atoms with van der Waals surface area (Å²) in [5.41, 5.74) is 0.903. The van der Waals surface area contributed by atoms with Crippen LogP contribution in [0.2, 0.25) is 5.02 Å². The average molecular weight is 566 g/mol. The number of benzene rings is 4.